The molecule has 1 aromatic rings. The van der Waals surface area contributed by atoms with Crippen LogP contribution in [0.2, 0.25) is 0 Å². The molecule has 1 aliphatic rings. The number of hydrogen-bond acceptors (Lipinski definition) is 4. The molecule has 1 aromatic carbocycles. The van der Waals surface area contributed by atoms with Gasteiger partial charge in [-0.15, -0.1) is 0 Å². The van der Waals surface area contributed by atoms with E-state index >= 15 is 0 Å². The van der Waals surface area contributed by atoms with E-state index in [4.69, 9.17) is 0 Å². The molecule has 0 radical (unpaired) electrons. The smallest absolute Gasteiger partial charge is 0.309 e. The van der Waals surface area contributed by atoms with Crippen LogP contribution >= 0.6 is 0 Å². The van der Waals surface area contributed by atoms with Crippen molar-refractivity contribution in [2.45, 2.75) is 23.5 Å². The Morgan fingerprint density at radius 2 is 1.96 bits per heavy atom. The SMILES string of the molecule is CN(C)CCCNC1CS(=O)(=O)c2c1ccc(C(F)(F)F)c2F. The Morgan fingerprint density at radius 1 is 1.30 bits per heavy atom. The summed E-state index contributed by atoms with van der Waals surface area (Å²) in [4.78, 5) is 1.13. The highest BCUT2D eigenvalue weighted by molar-refractivity contribution is 7.91. The molecule has 0 amide bonds. The minimum Gasteiger partial charge on any atom is -0.309 e. The van der Waals surface area contributed by atoms with Crippen LogP contribution in [0.25, 0.3) is 0 Å². The summed E-state index contributed by atoms with van der Waals surface area (Å²) in [6.45, 7) is 1.27. The summed E-state index contributed by atoms with van der Waals surface area (Å²) in [5, 5.41) is 2.98. The molecular formula is C14H18F4N2O2S. The third-order valence-corrected chi connectivity index (χ3v) is 5.49. The van der Waals surface area contributed by atoms with Crippen molar-refractivity contribution in [2.24, 2.45) is 0 Å². The van der Waals surface area contributed by atoms with Crippen LogP contribution in [0, 0.1) is 5.82 Å². The van der Waals surface area contributed by atoms with Gasteiger partial charge in [0, 0.05) is 6.04 Å². The summed E-state index contributed by atoms with van der Waals surface area (Å²) in [7, 11) is -0.285. The summed E-state index contributed by atoms with van der Waals surface area (Å²) in [6, 6.07) is 0.966. The largest absolute Gasteiger partial charge is 0.419 e. The Kier molecular flexibility index (Phi) is 5.03. The molecule has 4 nitrogen and oxygen atoms in total. The molecule has 1 atom stereocenters. The second-order valence-electron chi connectivity index (χ2n) is 5.79. The lowest BCUT2D eigenvalue weighted by molar-refractivity contribution is -0.140. The minimum absolute atomic E-state index is 0.0698. The second-order valence-corrected chi connectivity index (χ2v) is 7.76. The van der Waals surface area contributed by atoms with Gasteiger partial charge in [0.1, 0.15) is 4.90 Å². The Hall–Kier alpha value is -1.19. The van der Waals surface area contributed by atoms with Crippen molar-refractivity contribution in [1.29, 1.82) is 0 Å². The van der Waals surface area contributed by atoms with E-state index in [0.29, 0.717) is 12.6 Å². The first-order valence-corrected chi connectivity index (χ1v) is 8.69. The fourth-order valence-corrected chi connectivity index (χ4v) is 4.47. The maximum atomic E-state index is 14.1. The number of nitrogens with zero attached hydrogens (tertiary/aromatic N) is 1. The predicted molar refractivity (Wildman–Crippen MR) is 77.4 cm³/mol. The third-order valence-electron chi connectivity index (χ3n) is 3.68. The fraction of sp³-hybridized carbons (Fsp3) is 0.571. The summed E-state index contributed by atoms with van der Waals surface area (Å²) in [5.41, 5.74) is -1.48. The van der Waals surface area contributed by atoms with E-state index in [1.54, 1.807) is 0 Å². The van der Waals surface area contributed by atoms with Crippen molar-refractivity contribution in [3.05, 3.63) is 29.1 Å². The normalized spacial score (nSPS) is 20.0. The van der Waals surface area contributed by atoms with Crippen molar-refractivity contribution in [2.75, 3.05) is 32.9 Å². The fourth-order valence-electron chi connectivity index (χ4n) is 2.61. The lowest BCUT2D eigenvalue weighted by Crippen LogP contribution is -2.26. The molecule has 130 valence electrons. The molecule has 1 unspecified atom stereocenters. The van der Waals surface area contributed by atoms with E-state index in [0.717, 1.165) is 19.0 Å². The zero-order chi connectivity index (χ0) is 17.4. The number of sulfone groups is 1. The molecule has 0 aromatic heterocycles. The van der Waals surface area contributed by atoms with E-state index < -0.39 is 44.1 Å². The Balaban J connectivity index is 2.28. The quantitative estimate of drug-likeness (QED) is 0.651. The van der Waals surface area contributed by atoms with E-state index in [1.165, 1.54) is 0 Å². The van der Waals surface area contributed by atoms with Crippen molar-refractivity contribution in [3.8, 4) is 0 Å². The highest BCUT2D eigenvalue weighted by atomic mass is 32.2. The number of nitrogens with one attached hydrogen (secondary N) is 1. The lowest BCUT2D eigenvalue weighted by atomic mass is 10.0. The van der Waals surface area contributed by atoms with Gasteiger partial charge in [0.2, 0.25) is 0 Å². The topological polar surface area (TPSA) is 49.4 Å². The zero-order valence-corrected chi connectivity index (χ0v) is 13.6. The van der Waals surface area contributed by atoms with Crippen molar-refractivity contribution < 1.29 is 26.0 Å². The van der Waals surface area contributed by atoms with Crippen LogP contribution in [0.3, 0.4) is 0 Å². The molecule has 2 rings (SSSR count). The van der Waals surface area contributed by atoms with Gasteiger partial charge in [-0.1, -0.05) is 6.07 Å². The van der Waals surface area contributed by atoms with Gasteiger partial charge < -0.3 is 10.2 Å². The highest BCUT2D eigenvalue weighted by Gasteiger charge is 2.43. The van der Waals surface area contributed by atoms with E-state index in [-0.39, 0.29) is 5.56 Å². The maximum absolute atomic E-state index is 14.1. The van der Waals surface area contributed by atoms with Crippen molar-refractivity contribution in [1.82, 2.24) is 10.2 Å². The molecular weight excluding hydrogens is 336 g/mol. The van der Waals surface area contributed by atoms with Crippen LogP contribution in [-0.2, 0) is 16.0 Å². The van der Waals surface area contributed by atoms with Crippen LogP contribution in [0.4, 0.5) is 17.6 Å². The van der Waals surface area contributed by atoms with Gasteiger partial charge in [-0.3, -0.25) is 0 Å². The molecule has 0 saturated heterocycles. The standard InChI is InChI=1S/C14H18F4N2O2S/c1-20(2)7-3-6-19-11-8-23(21,22)13-9(11)4-5-10(12(13)15)14(16,17)18/h4-5,11,19H,3,6-8H2,1-2H3. The average Bonchev–Trinajstić information content (AvgIpc) is 2.65. The summed E-state index contributed by atoms with van der Waals surface area (Å²) in [5.74, 6) is -2.13. The molecule has 0 spiro atoms. The van der Waals surface area contributed by atoms with Gasteiger partial charge in [0.05, 0.1) is 11.3 Å². The van der Waals surface area contributed by atoms with E-state index in [1.807, 2.05) is 19.0 Å². The lowest BCUT2D eigenvalue weighted by Gasteiger charge is -2.15. The number of alkyl halides is 3. The first kappa shape index (κ1) is 18.2. The van der Waals surface area contributed by atoms with Crippen molar-refractivity contribution in [3.63, 3.8) is 0 Å². The number of benzene rings is 1. The second kappa shape index (κ2) is 6.37. The average molecular weight is 354 g/mol. The minimum atomic E-state index is -4.92. The Labute approximate surface area is 132 Å². The highest BCUT2D eigenvalue weighted by Crippen LogP contribution is 2.41. The molecule has 0 fully saturated rings. The van der Waals surface area contributed by atoms with Gasteiger partial charge in [0.15, 0.2) is 15.7 Å². The monoisotopic (exact) mass is 354 g/mol. The van der Waals surface area contributed by atoms with E-state index in [2.05, 4.69) is 5.32 Å². The summed E-state index contributed by atoms with van der Waals surface area (Å²) in [6.07, 6.45) is -4.19. The van der Waals surface area contributed by atoms with Crippen LogP contribution in [0.1, 0.15) is 23.6 Å². The summed E-state index contributed by atoms with van der Waals surface area (Å²) >= 11 is 0. The molecule has 1 N–H and O–H groups in total. The first-order chi connectivity index (χ1) is 10.5. The zero-order valence-electron chi connectivity index (χ0n) is 12.7. The molecule has 23 heavy (non-hydrogen) atoms. The maximum Gasteiger partial charge on any atom is 0.419 e. The van der Waals surface area contributed by atoms with Gasteiger partial charge in [0.25, 0.3) is 0 Å². The van der Waals surface area contributed by atoms with Gasteiger partial charge in [-0.25, -0.2) is 12.8 Å². The number of rotatable bonds is 5. The predicted octanol–water partition coefficient (Wildman–Crippen LogP) is 2.21. The number of fused-ring (bicyclic) bond motifs is 1. The van der Waals surface area contributed by atoms with Crippen LogP contribution in [0.15, 0.2) is 17.0 Å². The molecule has 1 aliphatic heterocycles. The van der Waals surface area contributed by atoms with Crippen LogP contribution < -0.4 is 5.32 Å². The molecule has 1 heterocycles. The number of halogens is 4. The van der Waals surface area contributed by atoms with Crippen molar-refractivity contribution >= 4 is 9.84 Å². The molecule has 0 saturated carbocycles. The van der Waals surface area contributed by atoms with Crippen LogP contribution in [-0.4, -0.2) is 46.3 Å². The first-order valence-electron chi connectivity index (χ1n) is 7.04. The molecule has 0 bridgehead atoms. The van der Waals surface area contributed by atoms with E-state index in [9.17, 15) is 26.0 Å². The Morgan fingerprint density at radius 3 is 2.52 bits per heavy atom. The van der Waals surface area contributed by atoms with Gasteiger partial charge in [-0.05, 0) is 45.2 Å². The summed E-state index contributed by atoms with van der Waals surface area (Å²) < 4.78 is 76.4. The van der Waals surface area contributed by atoms with Gasteiger partial charge in [-0.2, -0.15) is 13.2 Å². The Bertz CT molecular complexity index is 687. The van der Waals surface area contributed by atoms with Gasteiger partial charge >= 0.3 is 6.18 Å². The number of hydrogen-bond donors (Lipinski definition) is 1. The third kappa shape index (κ3) is 3.84. The van der Waals surface area contributed by atoms with Crippen LogP contribution in [0.5, 0.6) is 0 Å². The molecule has 0 aliphatic carbocycles. The molecule has 9 heteroatoms.